The van der Waals surface area contributed by atoms with Crippen molar-refractivity contribution in [1.82, 2.24) is 20.6 Å². The quantitative estimate of drug-likeness (QED) is 0.655. The molecule has 1 unspecified atom stereocenters. The zero-order valence-electron chi connectivity index (χ0n) is 14.4. The van der Waals surface area contributed by atoms with Crippen LogP contribution in [0.3, 0.4) is 0 Å². The summed E-state index contributed by atoms with van der Waals surface area (Å²) in [5.74, 6) is -0.901. The fraction of sp³-hybridized carbons (Fsp3) is 0.150. The van der Waals surface area contributed by atoms with Gasteiger partial charge in [-0.25, -0.2) is 4.39 Å². The summed E-state index contributed by atoms with van der Waals surface area (Å²) in [5, 5.41) is 6.11. The van der Waals surface area contributed by atoms with Gasteiger partial charge in [-0.3, -0.25) is 20.1 Å². The molecule has 0 aliphatic carbocycles. The van der Waals surface area contributed by atoms with Crippen LogP contribution in [-0.2, 0) is 17.9 Å². The van der Waals surface area contributed by atoms with Crippen LogP contribution in [0.25, 0.3) is 0 Å². The van der Waals surface area contributed by atoms with Gasteiger partial charge in [0.25, 0.3) is 0 Å². The first-order valence-corrected chi connectivity index (χ1v) is 8.76. The number of amides is 1. The van der Waals surface area contributed by atoms with E-state index in [0.29, 0.717) is 13.1 Å². The molecule has 2 N–H and O–H groups in total. The summed E-state index contributed by atoms with van der Waals surface area (Å²) in [5.41, 5.74) is 1.94. The number of hydrogen-bond acceptors (Lipinski definition) is 4. The van der Waals surface area contributed by atoms with Gasteiger partial charge in [0.2, 0.25) is 5.91 Å². The first-order chi connectivity index (χ1) is 13.1. The Morgan fingerprint density at radius 3 is 2.15 bits per heavy atom. The Bertz CT molecular complexity index is 873. The first-order valence-electron chi connectivity index (χ1n) is 8.38. The zero-order valence-corrected chi connectivity index (χ0v) is 15.2. The van der Waals surface area contributed by atoms with E-state index >= 15 is 0 Å². The van der Waals surface area contributed by atoms with E-state index in [4.69, 9.17) is 11.6 Å². The van der Waals surface area contributed by atoms with Crippen molar-refractivity contribution in [3.05, 3.63) is 94.8 Å². The van der Waals surface area contributed by atoms with Gasteiger partial charge in [-0.2, -0.15) is 0 Å². The zero-order chi connectivity index (χ0) is 19.1. The van der Waals surface area contributed by atoms with E-state index in [9.17, 15) is 9.18 Å². The maximum Gasteiger partial charge on any atom is 0.242 e. The molecule has 138 valence electrons. The lowest BCUT2D eigenvalue weighted by atomic mass is 10.0. The van der Waals surface area contributed by atoms with Crippen molar-refractivity contribution in [1.29, 1.82) is 0 Å². The second-order valence-electron chi connectivity index (χ2n) is 5.88. The summed E-state index contributed by atoms with van der Waals surface area (Å²) in [7, 11) is 0. The molecule has 7 heteroatoms. The van der Waals surface area contributed by atoms with Crippen LogP contribution in [0.5, 0.6) is 0 Å². The van der Waals surface area contributed by atoms with E-state index in [2.05, 4.69) is 20.6 Å². The molecular formula is C20H18ClFN4O. The molecule has 27 heavy (non-hydrogen) atoms. The normalized spacial score (nSPS) is 11.8. The summed E-state index contributed by atoms with van der Waals surface area (Å²) in [4.78, 5) is 20.7. The highest BCUT2D eigenvalue weighted by atomic mass is 35.5. The average Bonchev–Trinajstić information content (AvgIpc) is 2.70. The maximum atomic E-state index is 14.4. The van der Waals surface area contributed by atoms with Gasteiger partial charge < -0.3 is 5.32 Å². The Labute approximate surface area is 161 Å². The van der Waals surface area contributed by atoms with Crippen LogP contribution in [0.1, 0.15) is 22.7 Å². The predicted octanol–water partition coefficient (Wildman–Crippen LogP) is 3.42. The molecule has 5 nitrogen and oxygen atoms in total. The molecule has 3 aromatic rings. The minimum absolute atomic E-state index is 0.125. The largest absolute Gasteiger partial charge is 0.350 e. The average molecular weight is 385 g/mol. The molecule has 0 radical (unpaired) electrons. The summed E-state index contributed by atoms with van der Waals surface area (Å²) >= 11 is 6.19. The first kappa shape index (κ1) is 18.9. The molecule has 3 rings (SSSR count). The van der Waals surface area contributed by atoms with Crippen molar-refractivity contribution in [2.45, 2.75) is 19.1 Å². The fourth-order valence-electron chi connectivity index (χ4n) is 2.62. The van der Waals surface area contributed by atoms with E-state index in [-0.39, 0.29) is 16.5 Å². The van der Waals surface area contributed by atoms with Gasteiger partial charge in [0.1, 0.15) is 11.9 Å². The molecule has 2 heterocycles. The van der Waals surface area contributed by atoms with E-state index < -0.39 is 11.9 Å². The second kappa shape index (κ2) is 9.21. The van der Waals surface area contributed by atoms with Gasteiger partial charge in [-0.1, -0.05) is 17.7 Å². The SMILES string of the molecule is O=C(NCc1ccncc1)C(NCc1ccncc1)c1c(F)cccc1Cl. The summed E-state index contributed by atoms with van der Waals surface area (Å²) in [6.45, 7) is 0.668. The number of pyridine rings is 2. The molecule has 1 aromatic carbocycles. The number of carbonyl (C=O) groups is 1. The highest BCUT2D eigenvalue weighted by Gasteiger charge is 2.25. The number of hydrogen-bond donors (Lipinski definition) is 2. The van der Waals surface area contributed by atoms with Crippen molar-refractivity contribution < 1.29 is 9.18 Å². The number of carbonyl (C=O) groups excluding carboxylic acids is 1. The number of nitrogens with zero attached hydrogens (tertiary/aromatic N) is 2. The van der Waals surface area contributed by atoms with Crippen LogP contribution in [0.4, 0.5) is 4.39 Å². The van der Waals surface area contributed by atoms with Gasteiger partial charge in [-0.15, -0.1) is 0 Å². The minimum Gasteiger partial charge on any atom is -0.350 e. The monoisotopic (exact) mass is 384 g/mol. The minimum atomic E-state index is -0.936. The predicted molar refractivity (Wildman–Crippen MR) is 101 cm³/mol. The number of benzene rings is 1. The van der Waals surface area contributed by atoms with Crippen LogP contribution in [0.2, 0.25) is 5.02 Å². The van der Waals surface area contributed by atoms with Crippen molar-refractivity contribution in [3.8, 4) is 0 Å². The van der Waals surface area contributed by atoms with Gasteiger partial charge in [0.15, 0.2) is 0 Å². The lowest BCUT2D eigenvalue weighted by Gasteiger charge is -2.20. The van der Waals surface area contributed by atoms with E-state index in [1.165, 1.54) is 12.1 Å². The Kier molecular flexibility index (Phi) is 6.46. The number of nitrogens with one attached hydrogen (secondary N) is 2. The van der Waals surface area contributed by atoms with Crippen molar-refractivity contribution in [3.63, 3.8) is 0 Å². The van der Waals surface area contributed by atoms with Crippen molar-refractivity contribution in [2.75, 3.05) is 0 Å². The molecule has 1 atom stereocenters. The van der Waals surface area contributed by atoms with Crippen molar-refractivity contribution in [2.24, 2.45) is 0 Å². The third-order valence-electron chi connectivity index (χ3n) is 4.03. The molecule has 0 saturated heterocycles. The van der Waals surface area contributed by atoms with Gasteiger partial charge in [0, 0.05) is 48.5 Å². The third kappa shape index (κ3) is 5.09. The number of halogens is 2. The molecule has 1 amide bonds. The lowest BCUT2D eigenvalue weighted by Crippen LogP contribution is -2.37. The Hall–Kier alpha value is -2.83. The molecule has 0 spiro atoms. The van der Waals surface area contributed by atoms with E-state index in [1.54, 1.807) is 43.0 Å². The summed E-state index contributed by atoms with van der Waals surface area (Å²) in [6.07, 6.45) is 6.61. The van der Waals surface area contributed by atoms with Gasteiger partial charge in [-0.05, 0) is 47.5 Å². The molecule has 0 fully saturated rings. The highest BCUT2D eigenvalue weighted by molar-refractivity contribution is 6.31. The van der Waals surface area contributed by atoms with E-state index in [1.807, 2.05) is 12.1 Å². The molecule has 0 saturated carbocycles. The lowest BCUT2D eigenvalue weighted by molar-refractivity contribution is -0.123. The molecule has 0 aliphatic heterocycles. The molecule has 0 aliphatic rings. The Morgan fingerprint density at radius 2 is 1.56 bits per heavy atom. The molecular weight excluding hydrogens is 367 g/mol. The maximum absolute atomic E-state index is 14.4. The van der Waals surface area contributed by atoms with Crippen LogP contribution >= 0.6 is 11.6 Å². The summed E-state index contributed by atoms with van der Waals surface area (Å²) < 4.78 is 14.4. The van der Waals surface area contributed by atoms with Gasteiger partial charge >= 0.3 is 0 Å². The third-order valence-corrected chi connectivity index (χ3v) is 4.36. The fourth-order valence-corrected chi connectivity index (χ4v) is 2.90. The standard InChI is InChI=1S/C20H18ClFN4O/c21-16-2-1-3-17(22)18(16)19(25-12-14-4-8-23-9-5-14)20(27)26-13-15-6-10-24-11-7-15/h1-11,19,25H,12-13H2,(H,26,27). The number of aromatic nitrogens is 2. The van der Waals surface area contributed by atoms with E-state index in [0.717, 1.165) is 11.1 Å². The highest BCUT2D eigenvalue weighted by Crippen LogP contribution is 2.26. The van der Waals surface area contributed by atoms with Crippen LogP contribution < -0.4 is 10.6 Å². The van der Waals surface area contributed by atoms with Crippen LogP contribution in [0.15, 0.2) is 67.3 Å². The summed E-state index contributed by atoms with van der Waals surface area (Å²) in [6, 6.07) is 10.7. The number of rotatable bonds is 7. The topological polar surface area (TPSA) is 66.9 Å². The van der Waals surface area contributed by atoms with Crippen molar-refractivity contribution >= 4 is 17.5 Å². The Balaban J connectivity index is 1.79. The van der Waals surface area contributed by atoms with Crippen LogP contribution in [-0.4, -0.2) is 15.9 Å². The Morgan fingerprint density at radius 1 is 0.963 bits per heavy atom. The van der Waals surface area contributed by atoms with Crippen LogP contribution in [0, 0.1) is 5.82 Å². The van der Waals surface area contributed by atoms with Gasteiger partial charge in [0.05, 0.1) is 0 Å². The molecule has 0 bridgehead atoms. The smallest absolute Gasteiger partial charge is 0.242 e. The molecule has 2 aromatic heterocycles. The second-order valence-corrected chi connectivity index (χ2v) is 6.29.